The molecule has 2 unspecified atom stereocenters. The first-order valence-corrected chi connectivity index (χ1v) is 13.8. The van der Waals surface area contributed by atoms with Crippen LogP contribution in [0.25, 0.3) is 16.9 Å². The third-order valence-corrected chi connectivity index (χ3v) is 9.61. The molecule has 4 fully saturated rings. The van der Waals surface area contributed by atoms with Gasteiger partial charge in [0.25, 0.3) is 5.56 Å². The van der Waals surface area contributed by atoms with Gasteiger partial charge in [0, 0.05) is 24.2 Å². The fraction of sp³-hybridized carbons (Fsp3) is 0.607. The molecule has 4 heterocycles. The summed E-state index contributed by atoms with van der Waals surface area (Å²) in [6.07, 6.45) is 15.2. The minimum atomic E-state index is -0.562. The number of piperidine rings is 2. The molecule has 3 aromatic rings. The van der Waals surface area contributed by atoms with Gasteiger partial charge in [0.15, 0.2) is 0 Å². The average Bonchev–Trinajstić information content (AvgIpc) is 3.20. The Balaban J connectivity index is 1.27. The number of para-hydroxylation sites is 2. The lowest BCUT2D eigenvalue weighted by Gasteiger charge is -2.55. The Hall–Kier alpha value is -2.87. The summed E-state index contributed by atoms with van der Waals surface area (Å²) >= 11 is 0. The molecule has 2 aromatic heterocycles. The summed E-state index contributed by atoms with van der Waals surface area (Å²) in [6, 6.07) is 9.50. The van der Waals surface area contributed by atoms with Crippen molar-refractivity contribution in [1.29, 1.82) is 0 Å². The number of hydrogen-bond donors (Lipinski definition) is 2. The van der Waals surface area contributed by atoms with Gasteiger partial charge in [0.05, 0.1) is 17.2 Å². The highest BCUT2D eigenvalue weighted by Crippen LogP contribution is 2.47. The van der Waals surface area contributed by atoms with Crippen molar-refractivity contribution in [3.63, 3.8) is 0 Å². The second kappa shape index (κ2) is 8.61. The molecule has 0 amide bonds. The van der Waals surface area contributed by atoms with Crippen molar-refractivity contribution in [2.45, 2.75) is 94.8 Å². The number of hydrogen-bond acceptors (Lipinski definition) is 5. The van der Waals surface area contributed by atoms with Crippen molar-refractivity contribution in [3.8, 4) is 11.7 Å². The molecule has 4 bridgehead atoms. The average molecular weight is 490 g/mol. The molecule has 36 heavy (non-hydrogen) atoms. The molecular formula is C28H35N5O3. The number of aromatic amines is 1. The summed E-state index contributed by atoms with van der Waals surface area (Å²) in [4.78, 5) is 36.1. The SMILES string of the molecule is O=c1[nH]c(O)cn1-c1nc2ccccc2n(C2C[C@H]3CCC[C@@H](C2)N3C2C[C@H]3CCC[C@@H](C2)C3)c1=O. The van der Waals surface area contributed by atoms with E-state index in [2.05, 4.69) is 14.9 Å². The van der Waals surface area contributed by atoms with E-state index in [0.717, 1.165) is 34.8 Å². The number of nitrogens with one attached hydrogen (secondary N) is 1. The van der Waals surface area contributed by atoms with E-state index in [-0.39, 0.29) is 23.3 Å². The summed E-state index contributed by atoms with van der Waals surface area (Å²) in [6.45, 7) is 0. The van der Waals surface area contributed by atoms with Gasteiger partial charge in [-0.25, -0.2) is 14.3 Å². The van der Waals surface area contributed by atoms with E-state index in [1.165, 1.54) is 64.0 Å². The highest BCUT2D eigenvalue weighted by Gasteiger charge is 2.45. The van der Waals surface area contributed by atoms with Crippen LogP contribution in [-0.2, 0) is 0 Å². The Bertz CT molecular complexity index is 1380. The number of imidazole rings is 1. The zero-order chi connectivity index (χ0) is 24.4. The maximum atomic E-state index is 13.9. The van der Waals surface area contributed by atoms with Gasteiger partial charge in [-0.15, -0.1) is 0 Å². The van der Waals surface area contributed by atoms with Crippen LogP contribution in [-0.4, -0.2) is 47.2 Å². The van der Waals surface area contributed by atoms with Gasteiger partial charge in [-0.05, 0) is 68.9 Å². The van der Waals surface area contributed by atoms with Crippen LogP contribution in [0.4, 0.5) is 0 Å². The molecular weight excluding hydrogens is 454 g/mol. The van der Waals surface area contributed by atoms with Crippen molar-refractivity contribution < 1.29 is 5.11 Å². The molecule has 1 aromatic carbocycles. The number of nitrogens with zero attached hydrogens (tertiary/aromatic N) is 4. The summed E-state index contributed by atoms with van der Waals surface area (Å²) < 4.78 is 3.05. The number of benzene rings is 1. The second-order valence-corrected chi connectivity index (χ2v) is 11.7. The lowest BCUT2D eigenvalue weighted by Crippen LogP contribution is -2.58. The number of H-pyrrole nitrogens is 1. The number of aromatic hydroxyl groups is 1. The van der Waals surface area contributed by atoms with Crippen molar-refractivity contribution in [3.05, 3.63) is 51.3 Å². The predicted molar refractivity (Wildman–Crippen MR) is 138 cm³/mol. The van der Waals surface area contributed by atoms with E-state index < -0.39 is 5.69 Å². The van der Waals surface area contributed by atoms with E-state index in [1.54, 1.807) is 0 Å². The predicted octanol–water partition coefficient (Wildman–Crippen LogP) is 4.11. The Kier molecular flexibility index (Phi) is 5.34. The quantitative estimate of drug-likeness (QED) is 0.577. The zero-order valence-electron chi connectivity index (χ0n) is 20.7. The number of fused-ring (bicyclic) bond motifs is 5. The van der Waals surface area contributed by atoms with Crippen LogP contribution in [0, 0.1) is 11.8 Å². The minimum absolute atomic E-state index is 0.0444. The lowest BCUT2D eigenvalue weighted by atomic mass is 9.68. The molecule has 8 nitrogen and oxygen atoms in total. The molecule has 190 valence electrons. The normalized spacial score (nSPS) is 32.6. The number of aromatic nitrogens is 4. The Morgan fingerprint density at radius 3 is 2.22 bits per heavy atom. The summed E-state index contributed by atoms with van der Waals surface area (Å²) in [5, 5.41) is 9.82. The van der Waals surface area contributed by atoms with E-state index in [0.29, 0.717) is 23.6 Å². The van der Waals surface area contributed by atoms with Gasteiger partial charge < -0.3 is 9.67 Å². The van der Waals surface area contributed by atoms with Gasteiger partial charge >= 0.3 is 5.69 Å². The molecule has 8 heteroatoms. The highest BCUT2D eigenvalue weighted by atomic mass is 16.3. The maximum Gasteiger partial charge on any atom is 0.334 e. The van der Waals surface area contributed by atoms with Crippen molar-refractivity contribution in [1.82, 2.24) is 24.0 Å². The molecule has 2 aliphatic carbocycles. The molecule has 0 radical (unpaired) electrons. The van der Waals surface area contributed by atoms with Gasteiger partial charge in [-0.1, -0.05) is 37.8 Å². The summed E-state index contributed by atoms with van der Waals surface area (Å²) in [7, 11) is 0. The van der Waals surface area contributed by atoms with Gasteiger partial charge in [-0.2, -0.15) is 0 Å². The third-order valence-electron chi connectivity index (χ3n) is 9.61. The fourth-order valence-electron chi connectivity index (χ4n) is 8.34. The van der Waals surface area contributed by atoms with Crippen LogP contribution >= 0.6 is 0 Å². The second-order valence-electron chi connectivity index (χ2n) is 11.7. The minimum Gasteiger partial charge on any atom is -0.493 e. The Morgan fingerprint density at radius 2 is 1.53 bits per heavy atom. The Morgan fingerprint density at radius 1 is 0.833 bits per heavy atom. The van der Waals surface area contributed by atoms with Crippen molar-refractivity contribution in [2.75, 3.05) is 0 Å². The molecule has 2 saturated carbocycles. The Labute approximate surface area is 210 Å². The third kappa shape index (κ3) is 3.64. The van der Waals surface area contributed by atoms with Crippen LogP contribution in [0.3, 0.4) is 0 Å². The molecule has 4 aliphatic rings. The lowest BCUT2D eigenvalue weighted by molar-refractivity contribution is -0.0485. The van der Waals surface area contributed by atoms with Crippen LogP contribution in [0.15, 0.2) is 40.1 Å². The molecule has 6 atom stereocenters. The van der Waals surface area contributed by atoms with Crippen LogP contribution < -0.4 is 11.2 Å². The first-order chi connectivity index (χ1) is 17.5. The summed E-state index contributed by atoms with van der Waals surface area (Å²) in [5.41, 5.74) is 0.683. The molecule has 0 spiro atoms. The zero-order valence-corrected chi connectivity index (χ0v) is 20.7. The van der Waals surface area contributed by atoms with Crippen molar-refractivity contribution >= 4 is 11.0 Å². The van der Waals surface area contributed by atoms with E-state index in [9.17, 15) is 14.7 Å². The first kappa shape index (κ1) is 22.3. The standard InChI is InChI=1S/C28H35N5O3/c34-25-16-31(28(36)30-25)26-27(35)33(24-10-2-1-9-23(24)29-26)22-14-19-7-4-8-20(15-22)32(19)21-12-17-5-3-6-18(11-17)13-21/h1-2,9-10,16-22,34H,3-8,11-15H2,(H,30,36)/t17-,18+,19-,20+,21?,22?. The summed E-state index contributed by atoms with van der Waals surface area (Å²) in [5.74, 6) is 1.58. The number of rotatable bonds is 3. The van der Waals surface area contributed by atoms with Gasteiger partial charge in [0.2, 0.25) is 11.7 Å². The largest absolute Gasteiger partial charge is 0.493 e. The van der Waals surface area contributed by atoms with Crippen LogP contribution in [0.5, 0.6) is 5.88 Å². The van der Waals surface area contributed by atoms with Crippen LogP contribution in [0.1, 0.15) is 76.7 Å². The van der Waals surface area contributed by atoms with E-state index in [1.807, 2.05) is 28.8 Å². The highest BCUT2D eigenvalue weighted by molar-refractivity contribution is 5.75. The first-order valence-electron chi connectivity index (χ1n) is 13.8. The molecule has 2 N–H and O–H groups in total. The molecule has 7 rings (SSSR count). The van der Waals surface area contributed by atoms with Gasteiger partial charge in [-0.3, -0.25) is 14.7 Å². The van der Waals surface area contributed by atoms with Crippen LogP contribution in [0.2, 0.25) is 0 Å². The van der Waals surface area contributed by atoms with Gasteiger partial charge in [0.1, 0.15) is 0 Å². The van der Waals surface area contributed by atoms with E-state index in [4.69, 9.17) is 0 Å². The smallest absolute Gasteiger partial charge is 0.334 e. The van der Waals surface area contributed by atoms with E-state index >= 15 is 0 Å². The fourth-order valence-corrected chi connectivity index (χ4v) is 8.34. The molecule has 2 aliphatic heterocycles. The monoisotopic (exact) mass is 489 g/mol. The molecule has 2 saturated heterocycles. The maximum absolute atomic E-state index is 13.9. The topological polar surface area (TPSA) is 96.2 Å². The van der Waals surface area contributed by atoms with Crippen molar-refractivity contribution in [2.24, 2.45) is 11.8 Å².